The highest BCUT2D eigenvalue weighted by atomic mass is 16.1. The highest BCUT2D eigenvalue weighted by molar-refractivity contribution is 5.91. The van der Waals surface area contributed by atoms with Crippen LogP contribution in [0.15, 0.2) is 29.9 Å². The lowest BCUT2D eigenvalue weighted by Gasteiger charge is -2.54. The van der Waals surface area contributed by atoms with Crippen LogP contribution in [0.5, 0.6) is 0 Å². The zero-order valence-corrected chi connectivity index (χ0v) is 28.3. The summed E-state index contributed by atoms with van der Waals surface area (Å²) in [7, 11) is 0. The fourth-order valence-corrected chi connectivity index (χ4v) is 11.3. The minimum absolute atomic E-state index is 0.00308. The Morgan fingerprint density at radius 2 is 1.78 bits per heavy atom. The number of hydrogen-bond acceptors (Lipinski definition) is 8. The SMILES string of the molecule is C[C@@H]1C[C@H]2[C@@H]3CC[C@@H]4CC(=O)C=C[C@]4(C)C3=CC[C@]2(C)[C@H]1C(=O)CN1CCNCC1c1cc(N2CCCC2)nc(N2CCCC2)n1. The van der Waals surface area contributed by atoms with Gasteiger partial charge in [0.05, 0.1) is 18.3 Å². The van der Waals surface area contributed by atoms with Gasteiger partial charge in [-0.1, -0.05) is 38.5 Å². The van der Waals surface area contributed by atoms with E-state index >= 15 is 0 Å². The molecule has 8 heteroatoms. The third kappa shape index (κ3) is 5.08. The zero-order chi connectivity index (χ0) is 31.6. The number of carbonyl (C=O) groups is 2. The maximum absolute atomic E-state index is 14.6. The second kappa shape index (κ2) is 11.8. The molecule has 8 atom stereocenters. The molecule has 1 aromatic rings. The van der Waals surface area contributed by atoms with Crippen LogP contribution in [0.1, 0.15) is 90.3 Å². The first-order chi connectivity index (χ1) is 22.2. The molecule has 1 unspecified atom stereocenters. The Bertz CT molecular complexity index is 1390. The number of piperazine rings is 1. The first-order valence-electron chi connectivity index (χ1n) is 18.5. The van der Waals surface area contributed by atoms with Crippen molar-refractivity contribution in [2.45, 2.75) is 84.6 Å². The lowest BCUT2D eigenvalue weighted by molar-refractivity contribution is -0.130. The summed E-state index contributed by atoms with van der Waals surface area (Å²) >= 11 is 0. The molecule has 0 bridgehead atoms. The van der Waals surface area contributed by atoms with Gasteiger partial charge < -0.3 is 15.1 Å². The Morgan fingerprint density at radius 1 is 1.02 bits per heavy atom. The summed E-state index contributed by atoms with van der Waals surface area (Å²) in [4.78, 5) is 44.4. The van der Waals surface area contributed by atoms with Gasteiger partial charge in [-0.25, -0.2) is 4.98 Å². The van der Waals surface area contributed by atoms with E-state index in [-0.39, 0.29) is 28.6 Å². The lowest BCUT2D eigenvalue weighted by atomic mass is 9.50. The molecule has 1 aromatic heterocycles. The van der Waals surface area contributed by atoms with Crippen molar-refractivity contribution in [3.8, 4) is 0 Å². The number of carbonyl (C=O) groups excluding carboxylic acids is 2. The minimum atomic E-state index is -0.00758. The summed E-state index contributed by atoms with van der Waals surface area (Å²) in [6.07, 6.45) is 16.5. The van der Waals surface area contributed by atoms with Crippen molar-refractivity contribution in [3.05, 3.63) is 35.6 Å². The Labute approximate surface area is 275 Å². The van der Waals surface area contributed by atoms with Gasteiger partial charge in [-0.2, -0.15) is 4.98 Å². The lowest BCUT2D eigenvalue weighted by Crippen LogP contribution is -2.51. The number of anilines is 2. The number of rotatable bonds is 6. The predicted molar refractivity (Wildman–Crippen MR) is 182 cm³/mol. The number of fused-ring (bicyclic) bond motifs is 5. The molecule has 0 spiro atoms. The van der Waals surface area contributed by atoms with Crippen molar-refractivity contribution < 1.29 is 9.59 Å². The number of aromatic nitrogens is 2. The van der Waals surface area contributed by atoms with Crippen molar-refractivity contribution in [1.82, 2.24) is 20.2 Å². The van der Waals surface area contributed by atoms with E-state index in [4.69, 9.17) is 9.97 Å². The van der Waals surface area contributed by atoms with E-state index in [1.807, 2.05) is 6.08 Å². The summed E-state index contributed by atoms with van der Waals surface area (Å²) in [6, 6.07) is 2.30. The quantitative estimate of drug-likeness (QED) is 0.423. The van der Waals surface area contributed by atoms with E-state index in [0.717, 1.165) is 89.0 Å². The monoisotopic (exact) mass is 626 g/mol. The first-order valence-corrected chi connectivity index (χ1v) is 18.5. The van der Waals surface area contributed by atoms with Crippen molar-refractivity contribution in [2.24, 2.45) is 40.4 Å². The second-order valence-electron chi connectivity index (χ2n) is 16.3. The van der Waals surface area contributed by atoms with E-state index in [0.29, 0.717) is 42.4 Å². The van der Waals surface area contributed by atoms with Gasteiger partial charge in [-0.3, -0.25) is 14.5 Å². The van der Waals surface area contributed by atoms with Crippen LogP contribution >= 0.6 is 0 Å². The normalized spacial score (nSPS) is 39.3. The Kier molecular flexibility index (Phi) is 7.91. The summed E-state index contributed by atoms with van der Waals surface area (Å²) in [6.45, 7) is 14.4. The van der Waals surface area contributed by atoms with E-state index < -0.39 is 0 Å². The molecule has 3 saturated heterocycles. The van der Waals surface area contributed by atoms with E-state index in [1.165, 1.54) is 25.7 Å². The summed E-state index contributed by atoms with van der Waals surface area (Å²) < 4.78 is 0. The van der Waals surface area contributed by atoms with Gasteiger partial charge in [0.1, 0.15) is 5.82 Å². The van der Waals surface area contributed by atoms with Crippen LogP contribution in [0.25, 0.3) is 0 Å². The largest absolute Gasteiger partial charge is 0.356 e. The molecule has 8 nitrogen and oxygen atoms in total. The summed E-state index contributed by atoms with van der Waals surface area (Å²) in [5, 5.41) is 3.63. The standard InChI is InChI=1S/C38H54N6O2/c1-25-20-30-28-9-8-26-21-27(45)10-12-37(26,2)29(28)11-13-38(30,3)35(25)33(46)24-44-19-14-39-23-32(44)31-22-34(42-15-4-5-16-42)41-36(40-31)43-17-6-7-18-43/h10-12,22,25-26,28,30,32,35,39H,4-9,13-21,23-24H2,1-3H3/t25-,26-,28-,30+,32?,35-,37+,38+/m1/s1. The highest BCUT2D eigenvalue weighted by Gasteiger charge is 2.60. The molecule has 8 rings (SSSR count). The molecule has 4 heterocycles. The molecule has 5 fully saturated rings. The predicted octanol–water partition coefficient (Wildman–Crippen LogP) is 5.36. The fourth-order valence-electron chi connectivity index (χ4n) is 11.3. The molecule has 4 aliphatic carbocycles. The Balaban J connectivity index is 1.05. The van der Waals surface area contributed by atoms with Crippen LogP contribution in [-0.4, -0.2) is 78.8 Å². The van der Waals surface area contributed by atoms with Crippen molar-refractivity contribution in [2.75, 3.05) is 62.2 Å². The van der Waals surface area contributed by atoms with Gasteiger partial charge in [0.25, 0.3) is 0 Å². The molecule has 248 valence electrons. The van der Waals surface area contributed by atoms with E-state index in [2.05, 4.69) is 59.0 Å². The van der Waals surface area contributed by atoms with Crippen LogP contribution in [-0.2, 0) is 9.59 Å². The van der Waals surface area contributed by atoms with Crippen LogP contribution < -0.4 is 15.1 Å². The van der Waals surface area contributed by atoms with E-state index in [9.17, 15) is 9.59 Å². The number of nitrogens with zero attached hydrogens (tertiary/aromatic N) is 5. The molecule has 7 aliphatic rings. The smallest absolute Gasteiger partial charge is 0.227 e. The maximum atomic E-state index is 14.6. The third-order valence-corrected chi connectivity index (χ3v) is 13.7. The van der Waals surface area contributed by atoms with Gasteiger partial charge >= 0.3 is 0 Å². The molecule has 0 amide bonds. The highest BCUT2D eigenvalue weighted by Crippen LogP contribution is 2.65. The molecule has 0 radical (unpaired) electrons. The maximum Gasteiger partial charge on any atom is 0.227 e. The van der Waals surface area contributed by atoms with Crippen LogP contribution in [0.3, 0.4) is 0 Å². The number of hydrogen-bond donors (Lipinski definition) is 1. The molecule has 3 aliphatic heterocycles. The average molecular weight is 627 g/mol. The molecule has 1 N–H and O–H groups in total. The number of Topliss-reactive ketones (excluding diaryl/α,β-unsaturated/α-hetero) is 1. The number of allylic oxidation sites excluding steroid dienone is 4. The van der Waals surface area contributed by atoms with Gasteiger partial charge in [-0.15, -0.1) is 0 Å². The summed E-state index contributed by atoms with van der Waals surface area (Å²) in [5.41, 5.74) is 2.63. The van der Waals surface area contributed by atoms with Crippen molar-refractivity contribution >= 4 is 23.3 Å². The van der Waals surface area contributed by atoms with Crippen LogP contribution in [0.2, 0.25) is 0 Å². The van der Waals surface area contributed by atoms with Crippen molar-refractivity contribution in [1.29, 1.82) is 0 Å². The van der Waals surface area contributed by atoms with E-state index in [1.54, 1.807) is 5.57 Å². The second-order valence-corrected chi connectivity index (χ2v) is 16.3. The molecule has 46 heavy (non-hydrogen) atoms. The van der Waals surface area contributed by atoms with Crippen molar-refractivity contribution in [3.63, 3.8) is 0 Å². The fraction of sp³-hybridized carbons (Fsp3) is 0.737. The van der Waals surface area contributed by atoms with Gasteiger partial charge in [-0.05, 0) is 86.5 Å². The Hall–Kier alpha value is -2.58. The van der Waals surface area contributed by atoms with Crippen LogP contribution in [0, 0.1) is 40.4 Å². The van der Waals surface area contributed by atoms with Gasteiger partial charge in [0.2, 0.25) is 5.95 Å². The summed E-state index contributed by atoms with van der Waals surface area (Å²) in [5.74, 6) is 4.60. The number of nitrogens with one attached hydrogen (secondary N) is 1. The average Bonchev–Trinajstić information content (AvgIpc) is 3.82. The number of ketones is 2. The molecule has 0 aromatic carbocycles. The minimum Gasteiger partial charge on any atom is -0.356 e. The first kappa shape index (κ1) is 30.7. The van der Waals surface area contributed by atoms with Gasteiger partial charge in [0.15, 0.2) is 11.6 Å². The van der Waals surface area contributed by atoms with Gasteiger partial charge in [0, 0.05) is 69.6 Å². The molecular weight excluding hydrogens is 572 g/mol. The third-order valence-electron chi connectivity index (χ3n) is 13.7. The zero-order valence-electron chi connectivity index (χ0n) is 28.3. The molecular formula is C38H54N6O2. The topological polar surface area (TPSA) is 81.7 Å². The van der Waals surface area contributed by atoms with Crippen LogP contribution in [0.4, 0.5) is 11.8 Å². The Morgan fingerprint density at radius 3 is 2.57 bits per heavy atom. The molecule has 2 saturated carbocycles.